The first-order chi connectivity index (χ1) is 24.3. The monoisotopic (exact) mass is 704 g/mol. The third kappa shape index (κ3) is 12.3. The Morgan fingerprint density at radius 1 is 0.700 bits per heavy atom. The second kappa shape index (κ2) is 20.5. The van der Waals surface area contributed by atoms with E-state index in [-0.39, 0.29) is 17.1 Å². The molecule has 0 fully saturated rings. The number of nitrogens with one attached hydrogen (secondary N) is 1. The summed E-state index contributed by atoms with van der Waals surface area (Å²) in [6.07, 6.45) is 19.2. The van der Waals surface area contributed by atoms with Gasteiger partial charge in [0.15, 0.2) is 5.69 Å². The summed E-state index contributed by atoms with van der Waals surface area (Å²) in [4.78, 5) is 13.3. The maximum absolute atomic E-state index is 13.8. The van der Waals surface area contributed by atoms with Crippen LogP contribution in [0, 0.1) is 0 Å². The molecule has 4 aromatic rings. The number of nitrogens with zero attached hydrogens (tertiary/aromatic N) is 3. The summed E-state index contributed by atoms with van der Waals surface area (Å²) in [6, 6.07) is 19.9. The molecule has 0 saturated heterocycles. The summed E-state index contributed by atoms with van der Waals surface area (Å²) in [5.74, 6) is 1.34. The average Bonchev–Trinajstić information content (AvgIpc) is 3.43. The molecule has 0 radical (unpaired) electrons. The first kappa shape index (κ1) is 38.6. The zero-order valence-corrected chi connectivity index (χ0v) is 30.3. The summed E-state index contributed by atoms with van der Waals surface area (Å²) in [7, 11) is -3.17. The van der Waals surface area contributed by atoms with E-state index in [1.165, 1.54) is 95.2 Å². The van der Waals surface area contributed by atoms with Crippen LogP contribution >= 0.6 is 0 Å². The molecule has 2 N–H and O–H groups in total. The Morgan fingerprint density at radius 3 is 1.82 bits per heavy atom. The van der Waals surface area contributed by atoms with Gasteiger partial charge in [0.05, 0.1) is 24.2 Å². The van der Waals surface area contributed by atoms with Gasteiger partial charge in [0.25, 0.3) is 15.7 Å². The van der Waals surface area contributed by atoms with Crippen LogP contribution in [0.15, 0.2) is 92.7 Å². The summed E-state index contributed by atoms with van der Waals surface area (Å²) in [5, 5.41) is 11.7. The Labute approximate surface area is 296 Å². The number of unbranched alkanes of at least 4 members (excludes halogenated alkanes) is 14. The molecule has 0 aliphatic rings. The lowest BCUT2D eigenvalue weighted by molar-refractivity contribution is 0.415. The summed E-state index contributed by atoms with van der Waals surface area (Å²) in [5.41, 5.74) is 0.503. The van der Waals surface area contributed by atoms with Gasteiger partial charge >= 0.3 is 0 Å². The molecule has 0 aliphatic carbocycles. The van der Waals surface area contributed by atoms with Crippen molar-refractivity contribution >= 4 is 21.5 Å². The molecule has 0 unspecified atom stereocenters. The predicted molar refractivity (Wildman–Crippen MR) is 199 cm³/mol. The zero-order chi connectivity index (χ0) is 35.6. The Hall–Kier alpha value is -4.22. The number of azo groups is 1. The molecule has 0 saturated carbocycles. The van der Waals surface area contributed by atoms with Gasteiger partial charge in [-0.05, 0) is 61.4 Å². The number of benzene rings is 3. The zero-order valence-electron chi connectivity index (χ0n) is 29.5. The number of ether oxygens (including phenoxy) is 2. The van der Waals surface area contributed by atoms with E-state index in [9.17, 15) is 17.8 Å². The molecule has 3 aromatic carbocycles. The van der Waals surface area contributed by atoms with Gasteiger partial charge in [-0.15, -0.1) is 5.11 Å². The van der Waals surface area contributed by atoms with Crippen LogP contribution in [0.2, 0.25) is 0 Å². The van der Waals surface area contributed by atoms with Gasteiger partial charge in [-0.1, -0.05) is 115 Å². The Bertz CT molecular complexity index is 1780. The van der Waals surface area contributed by atoms with E-state index < -0.39 is 20.6 Å². The van der Waals surface area contributed by atoms with E-state index >= 15 is 0 Å². The highest BCUT2D eigenvalue weighted by molar-refractivity contribution is 7.86. The van der Waals surface area contributed by atoms with Crippen LogP contribution in [0.4, 0.5) is 11.4 Å². The quantitative estimate of drug-likeness (QED) is 0.0448. The van der Waals surface area contributed by atoms with Crippen LogP contribution in [0.5, 0.6) is 17.2 Å². The van der Waals surface area contributed by atoms with Crippen LogP contribution in [0.3, 0.4) is 0 Å². The standard InChI is InChI=1S/C39H52N4O6S/c1-3-4-5-6-7-8-9-10-11-12-13-14-15-16-20-23-35-38(41-40-31-24-26-32(48-2)27-25-31)39(44)43(42-35)36-29-28-34(30-37(36)50(45,46)47)49-33-21-18-17-19-22-33/h17-19,21-22,24-30,42H,3-16,20,23H2,1-2H3,(H,45,46,47). The minimum atomic E-state index is -4.75. The van der Waals surface area contributed by atoms with Gasteiger partial charge < -0.3 is 9.47 Å². The second-order valence-corrected chi connectivity index (χ2v) is 14.1. The topological polar surface area (TPSA) is 135 Å². The van der Waals surface area contributed by atoms with Crippen molar-refractivity contribution in [3.8, 4) is 22.9 Å². The van der Waals surface area contributed by atoms with Crippen molar-refractivity contribution in [3.05, 3.63) is 88.8 Å². The molecule has 270 valence electrons. The minimum absolute atomic E-state index is 0.0541. The Morgan fingerprint density at radius 2 is 1.26 bits per heavy atom. The highest BCUT2D eigenvalue weighted by Gasteiger charge is 2.23. The maximum Gasteiger partial charge on any atom is 0.299 e. The lowest BCUT2D eigenvalue weighted by Crippen LogP contribution is -2.17. The number of hydrogen-bond acceptors (Lipinski definition) is 7. The first-order valence-electron chi connectivity index (χ1n) is 18.0. The molecule has 4 rings (SSSR count). The molecule has 10 nitrogen and oxygen atoms in total. The van der Waals surface area contributed by atoms with Crippen LogP contribution in [0.1, 0.15) is 109 Å². The normalized spacial score (nSPS) is 11.7. The summed E-state index contributed by atoms with van der Waals surface area (Å²) >= 11 is 0. The molecule has 0 spiro atoms. The molecule has 0 atom stereocenters. The number of rotatable bonds is 23. The third-order valence-corrected chi connectivity index (χ3v) is 9.62. The van der Waals surface area contributed by atoms with E-state index in [0.717, 1.165) is 23.9 Å². The van der Waals surface area contributed by atoms with E-state index in [1.54, 1.807) is 55.6 Å². The first-order valence-corrected chi connectivity index (χ1v) is 19.5. The molecule has 0 amide bonds. The largest absolute Gasteiger partial charge is 0.497 e. The van der Waals surface area contributed by atoms with Crippen molar-refractivity contribution in [1.29, 1.82) is 0 Å². The van der Waals surface area contributed by atoms with Crippen LogP contribution in [-0.2, 0) is 16.5 Å². The van der Waals surface area contributed by atoms with E-state index in [2.05, 4.69) is 22.3 Å². The molecule has 11 heteroatoms. The highest BCUT2D eigenvalue weighted by Crippen LogP contribution is 2.30. The van der Waals surface area contributed by atoms with Crippen LogP contribution < -0.4 is 15.0 Å². The molecule has 0 bridgehead atoms. The lowest BCUT2D eigenvalue weighted by Gasteiger charge is -2.11. The van der Waals surface area contributed by atoms with E-state index in [1.807, 2.05) is 6.07 Å². The van der Waals surface area contributed by atoms with Crippen molar-refractivity contribution in [1.82, 2.24) is 9.78 Å². The van der Waals surface area contributed by atoms with Gasteiger partial charge in [-0.25, -0.2) is 4.68 Å². The van der Waals surface area contributed by atoms with Crippen molar-refractivity contribution < 1.29 is 22.4 Å². The molecule has 0 aliphatic heterocycles. The number of methoxy groups -OCH3 is 1. The van der Waals surface area contributed by atoms with Crippen LogP contribution in [0.25, 0.3) is 5.69 Å². The van der Waals surface area contributed by atoms with E-state index in [0.29, 0.717) is 29.3 Å². The van der Waals surface area contributed by atoms with Gasteiger partial charge in [0.2, 0.25) is 0 Å². The number of H-pyrrole nitrogens is 1. The second-order valence-electron chi connectivity index (χ2n) is 12.7. The fraction of sp³-hybridized carbons (Fsp3) is 0.462. The Balaban J connectivity index is 1.42. The molecule has 1 aromatic heterocycles. The van der Waals surface area contributed by atoms with Crippen molar-refractivity contribution in [2.75, 3.05) is 7.11 Å². The number of hydrogen-bond donors (Lipinski definition) is 2. The number of para-hydroxylation sites is 1. The van der Waals surface area contributed by atoms with Crippen molar-refractivity contribution in [2.24, 2.45) is 10.2 Å². The van der Waals surface area contributed by atoms with Gasteiger partial charge in [0, 0.05) is 6.07 Å². The molecular formula is C39H52N4O6S. The van der Waals surface area contributed by atoms with Crippen molar-refractivity contribution in [3.63, 3.8) is 0 Å². The molecule has 1 heterocycles. The fourth-order valence-corrected chi connectivity index (χ4v) is 6.61. The minimum Gasteiger partial charge on any atom is -0.497 e. The maximum atomic E-state index is 13.8. The van der Waals surface area contributed by atoms with Crippen molar-refractivity contribution in [2.45, 2.75) is 115 Å². The van der Waals surface area contributed by atoms with Gasteiger partial charge in [0.1, 0.15) is 22.1 Å². The van der Waals surface area contributed by atoms with E-state index in [4.69, 9.17) is 9.47 Å². The lowest BCUT2D eigenvalue weighted by atomic mass is 10.0. The Kier molecular flexibility index (Phi) is 15.8. The summed E-state index contributed by atoms with van der Waals surface area (Å²) < 4.78 is 47.4. The van der Waals surface area contributed by atoms with Gasteiger partial charge in [-0.2, -0.15) is 13.5 Å². The number of aromatic nitrogens is 2. The SMILES string of the molecule is CCCCCCCCCCCCCCCCCc1[nH]n(-c2ccc(Oc3ccccc3)cc2S(=O)(=O)O)c(=O)c1N=Nc1ccc(OC)cc1. The molecule has 50 heavy (non-hydrogen) atoms. The number of aryl methyl sites for hydroxylation is 1. The third-order valence-electron chi connectivity index (χ3n) is 8.74. The van der Waals surface area contributed by atoms with Gasteiger partial charge in [-0.3, -0.25) is 14.4 Å². The average molecular weight is 705 g/mol. The predicted octanol–water partition coefficient (Wildman–Crippen LogP) is 11.0. The molecular weight excluding hydrogens is 653 g/mol. The highest BCUT2D eigenvalue weighted by atomic mass is 32.2. The number of aromatic amines is 1. The smallest absolute Gasteiger partial charge is 0.299 e. The summed E-state index contributed by atoms with van der Waals surface area (Å²) in [6.45, 7) is 2.26. The van der Waals surface area contributed by atoms with Crippen LogP contribution in [-0.4, -0.2) is 29.9 Å². The fourth-order valence-electron chi connectivity index (χ4n) is 5.92.